The first-order chi connectivity index (χ1) is 12.7. The molecule has 0 amide bonds. The van der Waals surface area contributed by atoms with Gasteiger partial charge < -0.3 is 14.7 Å². The Kier molecular flexibility index (Phi) is 6.81. The number of carbonyl (C=O) groups is 2. The maximum Gasteiger partial charge on any atom is 0.466 e. The molecule has 0 saturated heterocycles. The third-order valence-electron chi connectivity index (χ3n) is 4.33. The molecule has 2 aromatic carbocycles. The summed E-state index contributed by atoms with van der Waals surface area (Å²) in [4.78, 5) is 49.3. The highest BCUT2D eigenvalue weighted by molar-refractivity contribution is 7.45. The predicted molar refractivity (Wildman–Crippen MR) is 101 cm³/mol. The van der Waals surface area contributed by atoms with Crippen LogP contribution in [0.2, 0.25) is 0 Å². The van der Waals surface area contributed by atoms with E-state index in [9.17, 15) is 9.59 Å². The van der Waals surface area contributed by atoms with Crippen LogP contribution in [0.5, 0.6) is 0 Å². The topological polar surface area (TPSA) is 115 Å². The van der Waals surface area contributed by atoms with E-state index in [-0.39, 0.29) is 11.6 Å². The first-order valence-electron chi connectivity index (χ1n) is 8.48. The highest BCUT2D eigenvalue weighted by atomic mass is 31.2. The van der Waals surface area contributed by atoms with Gasteiger partial charge in [-0.3, -0.25) is 14.5 Å². The molecule has 7 nitrogen and oxygen atoms in total. The number of hydrogen-bond acceptors (Lipinski definition) is 4. The standard InChI is InChI=1S/C19H19NO2.H3O4P/c1-3-20(4-2)12-13-8-7-11-16-17(13)19(22)15-10-6-5-9-14(15)18(16)21;1-5(2,3)4/h5-11H,3-4,12H2,1-2H3;(H3,1,2,3,4). The fraction of sp³-hybridized carbons (Fsp3) is 0.263. The van der Waals surface area contributed by atoms with Crippen LogP contribution in [0.1, 0.15) is 51.3 Å². The molecule has 1 aliphatic carbocycles. The molecule has 2 aromatic rings. The fourth-order valence-electron chi connectivity index (χ4n) is 3.04. The molecule has 0 radical (unpaired) electrons. The van der Waals surface area contributed by atoms with Crippen LogP contribution in [0, 0.1) is 0 Å². The molecule has 144 valence electrons. The highest BCUT2D eigenvalue weighted by Crippen LogP contribution is 2.30. The van der Waals surface area contributed by atoms with Crippen LogP contribution in [-0.4, -0.2) is 44.2 Å². The zero-order chi connectivity index (χ0) is 20.2. The maximum atomic E-state index is 12.9. The SMILES string of the molecule is CCN(CC)Cc1cccc2c1C(=O)c1ccccc1C2=O.O=P(O)(O)O. The van der Waals surface area contributed by atoms with E-state index in [1.54, 1.807) is 24.3 Å². The monoisotopic (exact) mass is 391 g/mol. The Bertz CT molecular complexity index is 893. The van der Waals surface area contributed by atoms with Gasteiger partial charge in [0, 0.05) is 28.8 Å². The summed E-state index contributed by atoms with van der Waals surface area (Å²) in [5.41, 5.74) is 3.09. The van der Waals surface area contributed by atoms with Crippen LogP contribution in [0.4, 0.5) is 0 Å². The molecule has 0 atom stereocenters. The van der Waals surface area contributed by atoms with Gasteiger partial charge in [0.2, 0.25) is 0 Å². The third kappa shape index (κ3) is 5.19. The van der Waals surface area contributed by atoms with Crippen molar-refractivity contribution in [2.24, 2.45) is 0 Å². The van der Waals surface area contributed by atoms with Gasteiger partial charge in [0.05, 0.1) is 0 Å². The quantitative estimate of drug-likeness (QED) is 0.585. The minimum atomic E-state index is -4.64. The molecule has 0 bridgehead atoms. The first kappa shape index (κ1) is 21.2. The lowest BCUT2D eigenvalue weighted by Crippen LogP contribution is -2.27. The van der Waals surface area contributed by atoms with Gasteiger partial charge >= 0.3 is 7.82 Å². The third-order valence-corrected chi connectivity index (χ3v) is 4.33. The van der Waals surface area contributed by atoms with E-state index in [1.165, 1.54) is 0 Å². The van der Waals surface area contributed by atoms with Crippen molar-refractivity contribution in [3.63, 3.8) is 0 Å². The van der Waals surface area contributed by atoms with E-state index in [4.69, 9.17) is 19.2 Å². The molecule has 0 aromatic heterocycles. The van der Waals surface area contributed by atoms with Crippen molar-refractivity contribution in [3.05, 3.63) is 70.3 Å². The molecule has 0 spiro atoms. The molecular weight excluding hydrogens is 369 g/mol. The molecule has 0 unspecified atom stereocenters. The van der Waals surface area contributed by atoms with Crippen LogP contribution in [0.3, 0.4) is 0 Å². The summed E-state index contributed by atoms with van der Waals surface area (Å²) in [6, 6.07) is 12.7. The number of benzene rings is 2. The summed E-state index contributed by atoms with van der Waals surface area (Å²) in [6.07, 6.45) is 0. The molecule has 0 fully saturated rings. The summed E-state index contributed by atoms with van der Waals surface area (Å²) in [5.74, 6) is -0.0837. The Balaban J connectivity index is 0.000000465. The molecule has 3 N–H and O–H groups in total. The van der Waals surface area contributed by atoms with Crippen LogP contribution in [-0.2, 0) is 11.1 Å². The van der Waals surface area contributed by atoms with Gasteiger partial charge in [0.15, 0.2) is 11.6 Å². The van der Waals surface area contributed by atoms with Crippen molar-refractivity contribution >= 4 is 19.4 Å². The van der Waals surface area contributed by atoms with Gasteiger partial charge in [-0.25, -0.2) is 4.57 Å². The normalized spacial score (nSPS) is 13.0. The fourth-order valence-corrected chi connectivity index (χ4v) is 3.04. The number of rotatable bonds is 4. The summed E-state index contributed by atoms with van der Waals surface area (Å²) in [6.45, 7) is 6.72. The Morgan fingerprint density at radius 1 is 0.815 bits per heavy atom. The van der Waals surface area contributed by atoms with Gasteiger partial charge in [-0.05, 0) is 18.7 Å². The van der Waals surface area contributed by atoms with Gasteiger partial charge in [-0.2, -0.15) is 0 Å². The van der Waals surface area contributed by atoms with E-state index in [0.717, 1.165) is 18.7 Å². The van der Waals surface area contributed by atoms with E-state index < -0.39 is 7.82 Å². The lowest BCUT2D eigenvalue weighted by Gasteiger charge is -2.23. The van der Waals surface area contributed by atoms with Crippen molar-refractivity contribution in [1.82, 2.24) is 4.90 Å². The Labute approximate surface area is 157 Å². The first-order valence-corrected chi connectivity index (χ1v) is 10.0. The Morgan fingerprint density at radius 2 is 1.30 bits per heavy atom. The van der Waals surface area contributed by atoms with Crippen molar-refractivity contribution in [2.45, 2.75) is 20.4 Å². The average molecular weight is 391 g/mol. The maximum absolute atomic E-state index is 12.9. The van der Waals surface area contributed by atoms with E-state index in [1.807, 2.05) is 18.2 Å². The lowest BCUT2D eigenvalue weighted by molar-refractivity contribution is 0.0977. The molecule has 0 heterocycles. The number of nitrogens with zero attached hydrogens (tertiary/aromatic N) is 1. The minimum absolute atomic E-state index is 0.0343. The van der Waals surface area contributed by atoms with E-state index in [2.05, 4.69) is 18.7 Å². The molecule has 0 saturated carbocycles. The van der Waals surface area contributed by atoms with Crippen molar-refractivity contribution in [2.75, 3.05) is 13.1 Å². The van der Waals surface area contributed by atoms with Crippen molar-refractivity contribution in [3.8, 4) is 0 Å². The Morgan fingerprint density at radius 3 is 1.81 bits per heavy atom. The smallest absolute Gasteiger partial charge is 0.303 e. The lowest BCUT2D eigenvalue weighted by atomic mass is 9.82. The highest BCUT2D eigenvalue weighted by Gasteiger charge is 2.31. The zero-order valence-electron chi connectivity index (χ0n) is 15.1. The van der Waals surface area contributed by atoms with Gasteiger partial charge in [0.25, 0.3) is 0 Å². The summed E-state index contributed by atoms with van der Waals surface area (Å²) < 4.78 is 8.88. The van der Waals surface area contributed by atoms with Gasteiger partial charge in [-0.1, -0.05) is 56.3 Å². The van der Waals surface area contributed by atoms with Gasteiger partial charge in [0.1, 0.15) is 0 Å². The molecule has 8 heteroatoms. The number of hydrogen-bond donors (Lipinski definition) is 3. The van der Waals surface area contributed by atoms with Crippen LogP contribution >= 0.6 is 7.82 Å². The second-order valence-corrected chi connectivity index (χ2v) is 7.04. The largest absolute Gasteiger partial charge is 0.466 e. The van der Waals surface area contributed by atoms with Crippen molar-refractivity contribution in [1.29, 1.82) is 0 Å². The second-order valence-electron chi connectivity index (χ2n) is 6.02. The molecule has 3 rings (SSSR count). The van der Waals surface area contributed by atoms with E-state index >= 15 is 0 Å². The van der Waals surface area contributed by atoms with Crippen molar-refractivity contribution < 1.29 is 28.8 Å². The van der Waals surface area contributed by atoms with Gasteiger partial charge in [-0.15, -0.1) is 0 Å². The predicted octanol–water partition coefficient (Wildman–Crippen LogP) is 2.38. The van der Waals surface area contributed by atoms with E-state index in [0.29, 0.717) is 28.8 Å². The summed E-state index contributed by atoms with van der Waals surface area (Å²) >= 11 is 0. The Hall–Kier alpha value is -2.15. The summed E-state index contributed by atoms with van der Waals surface area (Å²) in [7, 11) is -4.64. The number of phosphoric acid groups is 1. The molecule has 0 aliphatic heterocycles. The zero-order valence-corrected chi connectivity index (χ0v) is 16.0. The second kappa shape index (κ2) is 8.69. The van der Waals surface area contributed by atoms with Crippen LogP contribution in [0.25, 0.3) is 0 Å². The number of fused-ring (bicyclic) bond motifs is 2. The minimum Gasteiger partial charge on any atom is -0.303 e. The molecule has 1 aliphatic rings. The number of ketones is 2. The molecule has 27 heavy (non-hydrogen) atoms. The average Bonchev–Trinajstić information content (AvgIpc) is 2.62. The van der Waals surface area contributed by atoms with Crippen LogP contribution in [0.15, 0.2) is 42.5 Å². The molecular formula is C19H22NO6P. The number of carbonyl (C=O) groups excluding carboxylic acids is 2. The van der Waals surface area contributed by atoms with Crippen LogP contribution < -0.4 is 0 Å². The summed E-state index contributed by atoms with van der Waals surface area (Å²) in [5, 5.41) is 0.